The number of rotatable bonds is 55. The molecule has 0 radical (unpaired) electrons. The molecule has 540 valence electrons. The number of ether oxygens (including phenoxy) is 4. The third-order valence-electron chi connectivity index (χ3n) is 12.3. The lowest BCUT2D eigenvalue weighted by molar-refractivity contribution is -0.145. The Morgan fingerprint density at radius 3 is 1.44 bits per heavy atom. The summed E-state index contributed by atoms with van der Waals surface area (Å²) in [4.78, 5) is 118. The summed E-state index contributed by atoms with van der Waals surface area (Å²) in [6.45, 7) is 5.02. The van der Waals surface area contributed by atoms with Crippen LogP contribution in [0.25, 0.3) is 0 Å². The molecule has 0 bridgehead atoms. The first kappa shape index (κ1) is 107. The SMILES string of the molecule is C.C.C.C.C.C.C.C.CC(=O)[C@H](C)N.C[C@@H](CSCC(=O)NCCCC[C@@H](NC(=O)COCCOCCCC(=O)COCCOCCNC(=O)CC[C@H](NC(=O)CCCCCCCCCCCCCCCS(=O)(=O)O)C(=O)O)C(=O)O)C(=O)C[C@@H](CO)C(=O)O. The average molecular weight is 1340 g/mol. The molecule has 28 heteroatoms. The van der Waals surface area contributed by atoms with Crippen LogP contribution in [0, 0.1) is 11.8 Å². The predicted molar refractivity (Wildman–Crippen MR) is 359 cm³/mol. The standard InChI is InChI=1S/C50H88N4O20S2.C4H9NO.8CH4/c1-38(43(57)32-39(33-55)48(62)63)36-75-37-47(61)51-23-15-14-19-41(49(64)65)54-46(60)35-74-30-27-71-25-17-18-40(56)34-73-29-28-72-26-24-52-44(58)22-21-42(50(66)67)53-45(59)20-13-11-9-7-5-3-2-4-6-8-10-12-16-31-76(68,69)70;1-3(5)4(2)6;;;;;;;;/h38-39,41-42,55H,2-37H2,1H3,(H,51,61)(H,52,58)(H,53,59)(H,54,60)(H,62,63)(H,64,65)(H,66,67)(H,68,69,70);3H,5H2,1-2H3;8*1H4/t38-,39-,41+,42-;3-;;;;;;;;/m00......../s1. The number of amides is 4. The summed E-state index contributed by atoms with van der Waals surface area (Å²) in [6.07, 6.45) is 13.9. The summed E-state index contributed by atoms with van der Waals surface area (Å²) < 4.78 is 51.6. The number of carboxylic acid groups (broad SMARTS) is 3. The third kappa shape index (κ3) is 70.8. The van der Waals surface area contributed by atoms with Crippen LogP contribution in [0.2, 0.25) is 0 Å². The molecule has 0 rings (SSSR count). The van der Waals surface area contributed by atoms with Crippen LogP contribution in [0.4, 0.5) is 0 Å². The van der Waals surface area contributed by atoms with E-state index in [-0.39, 0.29) is 217 Å². The van der Waals surface area contributed by atoms with Gasteiger partial charge in [-0.2, -0.15) is 20.2 Å². The van der Waals surface area contributed by atoms with Crippen LogP contribution in [0.1, 0.15) is 221 Å². The van der Waals surface area contributed by atoms with Gasteiger partial charge in [-0.25, -0.2) is 9.59 Å². The van der Waals surface area contributed by atoms with E-state index in [1.807, 2.05) is 0 Å². The van der Waals surface area contributed by atoms with Gasteiger partial charge in [-0.15, -0.1) is 0 Å². The quantitative estimate of drug-likeness (QED) is 0.0203. The highest BCUT2D eigenvalue weighted by atomic mass is 32.2. The Balaban J connectivity index is -0.000000542. The van der Waals surface area contributed by atoms with Crippen molar-refractivity contribution in [3.8, 4) is 0 Å². The molecule has 0 aliphatic rings. The summed E-state index contributed by atoms with van der Waals surface area (Å²) in [7, 11) is -3.86. The van der Waals surface area contributed by atoms with E-state index in [4.69, 9.17) is 39.4 Å². The molecule has 0 saturated carbocycles. The first-order valence-corrected chi connectivity index (χ1v) is 31.2. The molecule has 5 atom stereocenters. The minimum atomic E-state index is -3.86. The lowest BCUT2D eigenvalue weighted by atomic mass is 9.97. The van der Waals surface area contributed by atoms with Crippen LogP contribution in [-0.2, 0) is 77.0 Å². The van der Waals surface area contributed by atoms with Gasteiger partial charge in [-0.3, -0.25) is 42.9 Å². The summed E-state index contributed by atoms with van der Waals surface area (Å²) in [5.41, 5.74) is 5.09. The molecule has 0 spiro atoms. The van der Waals surface area contributed by atoms with Crippen LogP contribution in [0.3, 0.4) is 0 Å². The van der Waals surface area contributed by atoms with Crippen molar-refractivity contribution >= 4 is 80.8 Å². The smallest absolute Gasteiger partial charge is 0.326 e. The molecular formula is C62H129N5O21S2. The Kier molecular flexibility index (Phi) is 83.4. The van der Waals surface area contributed by atoms with Crippen molar-refractivity contribution in [3.63, 3.8) is 0 Å². The molecule has 0 saturated heterocycles. The highest BCUT2D eigenvalue weighted by Gasteiger charge is 2.25. The number of aliphatic hydroxyl groups excluding tert-OH is 1. The molecular weight excluding hydrogens is 1210 g/mol. The average Bonchev–Trinajstić information content (AvgIpc) is 3.40. The van der Waals surface area contributed by atoms with Crippen molar-refractivity contribution in [2.45, 2.75) is 240 Å². The molecule has 0 aromatic carbocycles. The summed E-state index contributed by atoms with van der Waals surface area (Å²) in [6, 6.07) is -2.62. The number of thioether (sulfide) groups is 1. The van der Waals surface area contributed by atoms with E-state index in [1.165, 1.54) is 18.7 Å². The summed E-state index contributed by atoms with van der Waals surface area (Å²) >= 11 is 1.21. The van der Waals surface area contributed by atoms with Crippen LogP contribution in [0.15, 0.2) is 0 Å². The number of carbonyl (C=O) groups excluding carboxylic acids is 7. The van der Waals surface area contributed by atoms with Gasteiger partial charge in [0.25, 0.3) is 10.1 Å². The van der Waals surface area contributed by atoms with Gasteiger partial charge in [0.15, 0.2) is 5.78 Å². The maximum atomic E-state index is 12.4. The zero-order valence-electron chi connectivity index (χ0n) is 48.5. The number of carbonyl (C=O) groups is 10. The number of nitrogens with two attached hydrogens (primary N) is 1. The number of aliphatic hydroxyl groups is 1. The Morgan fingerprint density at radius 2 is 0.956 bits per heavy atom. The molecule has 0 fully saturated rings. The number of Topliss-reactive ketones (excluding diaryl/α,β-unsaturated/α-hetero) is 3. The van der Waals surface area contributed by atoms with E-state index in [9.17, 15) is 66.6 Å². The normalized spacial score (nSPS) is 11.9. The van der Waals surface area contributed by atoms with E-state index in [2.05, 4.69) is 21.3 Å². The van der Waals surface area contributed by atoms with Gasteiger partial charge in [0.1, 0.15) is 36.9 Å². The number of ketones is 3. The number of hydrogen-bond donors (Lipinski definition) is 10. The topological polar surface area (TPSA) is 417 Å². The maximum Gasteiger partial charge on any atom is 0.326 e. The molecule has 0 aromatic rings. The van der Waals surface area contributed by atoms with Crippen molar-refractivity contribution < 1.29 is 100 Å². The number of unbranched alkanes of at least 4 members (excludes halogenated alkanes) is 13. The van der Waals surface area contributed by atoms with Crippen LogP contribution >= 0.6 is 11.8 Å². The fraction of sp³-hybridized carbons (Fsp3) is 0.839. The fourth-order valence-corrected chi connectivity index (χ4v) is 8.75. The maximum absolute atomic E-state index is 12.4. The predicted octanol–water partition coefficient (Wildman–Crippen LogP) is 8.11. The second kappa shape index (κ2) is 70.2. The van der Waals surface area contributed by atoms with Gasteiger partial charge < -0.3 is 66.4 Å². The zero-order valence-corrected chi connectivity index (χ0v) is 50.1. The van der Waals surface area contributed by atoms with Gasteiger partial charge in [0.2, 0.25) is 23.6 Å². The molecule has 0 heterocycles. The van der Waals surface area contributed by atoms with Gasteiger partial charge in [0, 0.05) is 57.1 Å². The molecule has 0 aromatic heterocycles. The van der Waals surface area contributed by atoms with Crippen molar-refractivity contribution in [1.82, 2.24) is 21.3 Å². The van der Waals surface area contributed by atoms with E-state index >= 15 is 0 Å². The first-order valence-electron chi connectivity index (χ1n) is 28.5. The lowest BCUT2D eigenvalue weighted by Crippen LogP contribution is -2.42. The Morgan fingerprint density at radius 1 is 0.500 bits per heavy atom. The Labute approximate surface area is 547 Å². The highest BCUT2D eigenvalue weighted by Crippen LogP contribution is 2.16. The lowest BCUT2D eigenvalue weighted by Gasteiger charge is -2.15. The Hall–Kier alpha value is -4.68. The monoisotopic (exact) mass is 1340 g/mol. The van der Waals surface area contributed by atoms with E-state index < -0.39 is 64.5 Å². The Bertz CT molecular complexity index is 1950. The third-order valence-corrected chi connectivity index (χ3v) is 14.3. The zero-order chi connectivity index (χ0) is 62.0. The molecule has 0 aliphatic heterocycles. The molecule has 90 heavy (non-hydrogen) atoms. The molecule has 0 aliphatic carbocycles. The van der Waals surface area contributed by atoms with E-state index in [0.29, 0.717) is 37.9 Å². The second-order valence-corrected chi connectivity index (χ2v) is 22.6. The van der Waals surface area contributed by atoms with Gasteiger partial charge in [-0.1, -0.05) is 137 Å². The van der Waals surface area contributed by atoms with Gasteiger partial charge >= 0.3 is 17.9 Å². The fourth-order valence-electron chi connectivity index (χ4n) is 7.24. The molecule has 4 amide bonds. The van der Waals surface area contributed by atoms with Crippen molar-refractivity contribution in [1.29, 1.82) is 0 Å². The second-order valence-electron chi connectivity index (χ2n) is 20.0. The van der Waals surface area contributed by atoms with Gasteiger partial charge in [-0.05, 0) is 58.8 Å². The molecule has 0 unspecified atom stereocenters. The van der Waals surface area contributed by atoms with Crippen LogP contribution in [-0.4, -0.2) is 200 Å². The summed E-state index contributed by atoms with van der Waals surface area (Å²) in [5, 5.41) is 47.4. The van der Waals surface area contributed by atoms with Crippen molar-refractivity contribution in [2.75, 3.05) is 89.8 Å². The minimum absolute atomic E-state index is 0. The summed E-state index contributed by atoms with van der Waals surface area (Å²) in [5.74, 6) is -7.20. The largest absolute Gasteiger partial charge is 0.481 e. The van der Waals surface area contributed by atoms with E-state index in [0.717, 1.165) is 70.6 Å². The number of hydrogen-bond acceptors (Lipinski definition) is 19. The number of aliphatic carboxylic acids is 3. The minimum Gasteiger partial charge on any atom is -0.481 e. The number of nitrogens with one attached hydrogen (secondary N) is 4. The number of carboxylic acids is 3. The highest BCUT2D eigenvalue weighted by molar-refractivity contribution is 7.99. The van der Waals surface area contributed by atoms with E-state index in [1.54, 1.807) is 13.8 Å². The van der Waals surface area contributed by atoms with Crippen LogP contribution < -0.4 is 27.0 Å². The van der Waals surface area contributed by atoms with Gasteiger partial charge in [0.05, 0.1) is 63.1 Å². The van der Waals surface area contributed by atoms with Crippen molar-refractivity contribution in [2.24, 2.45) is 17.6 Å². The van der Waals surface area contributed by atoms with Crippen LogP contribution in [0.5, 0.6) is 0 Å². The molecule has 11 N–H and O–H groups in total. The molecule has 26 nitrogen and oxygen atoms in total. The van der Waals surface area contributed by atoms with Crippen molar-refractivity contribution in [3.05, 3.63) is 0 Å². The first-order chi connectivity index (χ1) is 38.9.